The zero-order valence-corrected chi connectivity index (χ0v) is 12.2. The molecule has 0 aliphatic carbocycles. The van der Waals surface area contributed by atoms with Gasteiger partial charge in [-0.05, 0) is 42.8 Å². The van der Waals surface area contributed by atoms with Crippen LogP contribution in [0.5, 0.6) is 0 Å². The summed E-state index contributed by atoms with van der Waals surface area (Å²) in [5.41, 5.74) is 1.16. The molecule has 0 saturated heterocycles. The van der Waals surface area contributed by atoms with Crippen LogP contribution in [0, 0.1) is 5.82 Å². The van der Waals surface area contributed by atoms with Gasteiger partial charge in [-0.15, -0.1) is 0 Å². The van der Waals surface area contributed by atoms with Crippen molar-refractivity contribution in [3.8, 4) is 0 Å². The average molecular weight is 312 g/mol. The standard InChI is InChI=1S/C15H12Cl2FNO/c1-9(10-2-5-12(18)6-3-10)19-15(20)13-7-4-11(16)8-14(13)17/h2-9H,1H3,(H,19,20). The van der Waals surface area contributed by atoms with Gasteiger partial charge >= 0.3 is 0 Å². The summed E-state index contributed by atoms with van der Waals surface area (Å²) >= 11 is 11.8. The van der Waals surface area contributed by atoms with E-state index in [0.29, 0.717) is 15.6 Å². The first-order chi connectivity index (χ1) is 9.47. The Labute approximate surface area is 126 Å². The molecule has 20 heavy (non-hydrogen) atoms. The molecule has 1 amide bonds. The smallest absolute Gasteiger partial charge is 0.253 e. The van der Waals surface area contributed by atoms with Crippen molar-refractivity contribution in [3.63, 3.8) is 0 Å². The third-order valence-corrected chi connectivity index (χ3v) is 3.44. The molecular weight excluding hydrogens is 300 g/mol. The molecule has 1 atom stereocenters. The summed E-state index contributed by atoms with van der Waals surface area (Å²) in [7, 11) is 0. The van der Waals surface area contributed by atoms with E-state index in [9.17, 15) is 9.18 Å². The fraction of sp³-hybridized carbons (Fsp3) is 0.133. The van der Waals surface area contributed by atoms with Crippen molar-refractivity contribution >= 4 is 29.1 Å². The van der Waals surface area contributed by atoms with Gasteiger partial charge in [-0.1, -0.05) is 35.3 Å². The lowest BCUT2D eigenvalue weighted by molar-refractivity contribution is 0.0940. The van der Waals surface area contributed by atoms with Crippen LogP contribution in [0.15, 0.2) is 42.5 Å². The highest BCUT2D eigenvalue weighted by molar-refractivity contribution is 6.36. The van der Waals surface area contributed by atoms with Gasteiger partial charge in [0.15, 0.2) is 0 Å². The minimum Gasteiger partial charge on any atom is -0.345 e. The van der Waals surface area contributed by atoms with E-state index in [-0.39, 0.29) is 17.8 Å². The highest BCUT2D eigenvalue weighted by Gasteiger charge is 2.14. The maximum Gasteiger partial charge on any atom is 0.253 e. The van der Waals surface area contributed by atoms with E-state index in [1.165, 1.54) is 18.2 Å². The van der Waals surface area contributed by atoms with Crippen LogP contribution in [0.3, 0.4) is 0 Å². The van der Waals surface area contributed by atoms with Gasteiger partial charge in [0.2, 0.25) is 0 Å². The number of nitrogens with one attached hydrogen (secondary N) is 1. The summed E-state index contributed by atoms with van der Waals surface area (Å²) in [4.78, 5) is 12.1. The van der Waals surface area contributed by atoms with Crippen molar-refractivity contribution < 1.29 is 9.18 Å². The van der Waals surface area contributed by atoms with E-state index >= 15 is 0 Å². The quantitative estimate of drug-likeness (QED) is 0.880. The van der Waals surface area contributed by atoms with Gasteiger partial charge in [-0.25, -0.2) is 4.39 Å². The second kappa shape index (κ2) is 6.25. The third kappa shape index (κ3) is 3.50. The number of carbonyl (C=O) groups excluding carboxylic acids is 1. The Hall–Kier alpha value is -1.58. The molecule has 0 radical (unpaired) electrons. The number of carbonyl (C=O) groups is 1. The Morgan fingerprint density at radius 2 is 1.80 bits per heavy atom. The molecule has 2 aromatic carbocycles. The summed E-state index contributed by atoms with van der Waals surface area (Å²) < 4.78 is 12.9. The summed E-state index contributed by atoms with van der Waals surface area (Å²) in [5, 5.41) is 3.57. The minimum atomic E-state index is -0.312. The Morgan fingerprint density at radius 1 is 1.15 bits per heavy atom. The van der Waals surface area contributed by atoms with E-state index in [4.69, 9.17) is 23.2 Å². The van der Waals surface area contributed by atoms with Crippen LogP contribution in [-0.4, -0.2) is 5.91 Å². The minimum absolute atomic E-state index is 0.255. The highest BCUT2D eigenvalue weighted by Crippen LogP contribution is 2.22. The SMILES string of the molecule is CC(NC(=O)c1ccc(Cl)cc1Cl)c1ccc(F)cc1. The monoisotopic (exact) mass is 311 g/mol. The lowest BCUT2D eigenvalue weighted by atomic mass is 10.1. The molecule has 0 heterocycles. The zero-order valence-electron chi connectivity index (χ0n) is 10.7. The van der Waals surface area contributed by atoms with Gasteiger partial charge in [0.25, 0.3) is 5.91 Å². The van der Waals surface area contributed by atoms with Crippen molar-refractivity contribution in [2.45, 2.75) is 13.0 Å². The molecule has 1 N–H and O–H groups in total. The maximum atomic E-state index is 12.9. The first kappa shape index (κ1) is 14.8. The Kier molecular flexibility index (Phi) is 4.63. The van der Waals surface area contributed by atoms with Crippen molar-refractivity contribution in [2.75, 3.05) is 0 Å². The van der Waals surface area contributed by atoms with Gasteiger partial charge in [-0.3, -0.25) is 4.79 Å². The number of hydrogen-bond donors (Lipinski definition) is 1. The van der Waals surface area contributed by atoms with Gasteiger partial charge < -0.3 is 5.32 Å². The van der Waals surface area contributed by atoms with Crippen LogP contribution in [0.25, 0.3) is 0 Å². The molecule has 104 valence electrons. The second-order valence-corrected chi connectivity index (χ2v) is 5.21. The van der Waals surface area contributed by atoms with Crippen LogP contribution < -0.4 is 5.32 Å². The molecule has 5 heteroatoms. The second-order valence-electron chi connectivity index (χ2n) is 4.37. The molecule has 2 aromatic rings. The fourth-order valence-electron chi connectivity index (χ4n) is 1.78. The van der Waals surface area contributed by atoms with Gasteiger partial charge in [0.05, 0.1) is 16.6 Å². The van der Waals surface area contributed by atoms with Gasteiger partial charge in [0.1, 0.15) is 5.82 Å². The topological polar surface area (TPSA) is 29.1 Å². The highest BCUT2D eigenvalue weighted by atomic mass is 35.5. The van der Waals surface area contributed by atoms with Crippen LogP contribution in [-0.2, 0) is 0 Å². The number of hydrogen-bond acceptors (Lipinski definition) is 1. The molecule has 1 unspecified atom stereocenters. The Balaban J connectivity index is 2.13. The first-order valence-corrected chi connectivity index (χ1v) is 6.74. The number of halogens is 3. The summed E-state index contributed by atoms with van der Waals surface area (Å²) in [6, 6.07) is 10.4. The molecule has 0 fully saturated rings. The van der Waals surface area contributed by atoms with Gasteiger partial charge in [-0.2, -0.15) is 0 Å². The molecular formula is C15H12Cl2FNO. The Bertz CT molecular complexity index is 628. The Morgan fingerprint density at radius 3 is 2.40 bits per heavy atom. The molecule has 0 aromatic heterocycles. The third-order valence-electron chi connectivity index (χ3n) is 2.89. The van der Waals surface area contributed by atoms with Crippen molar-refractivity contribution in [1.82, 2.24) is 5.32 Å². The number of rotatable bonds is 3. The largest absolute Gasteiger partial charge is 0.345 e. The van der Waals surface area contributed by atoms with Crippen LogP contribution in [0.4, 0.5) is 4.39 Å². The average Bonchev–Trinajstić information content (AvgIpc) is 2.39. The summed E-state index contributed by atoms with van der Waals surface area (Å²) in [5.74, 6) is -0.614. The molecule has 0 spiro atoms. The van der Waals surface area contributed by atoms with E-state index < -0.39 is 0 Å². The van der Waals surface area contributed by atoms with Crippen LogP contribution in [0.2, 0.25) is 10.0 Å². The molecule has 0 bridgehead atoms. The molecule has 2 nitrogen and oxygen atoms in total. The van der Waals surface area contributed by atoms with E-state index in [0.717, 1.165) is 5.56 Å². The fourth-order valence-corrected chi connectivity index (χ4v) is 2.28. The number of amides is 1. The number of benzene rings is 2. The first-order valence-electron chi connectivity index (χ1n) is 5.99. The van der Waals surface area contributed by atoms with E-state index in [2.05, 4.69) is 5.32 Å². The molecule has 0 saturated carbocycles. The van der Waals surface area contributed by atoms with Crippen LogP contribution in [0.1, 0.15) is 28.9 Å². The zero-order chi connectivity index (χ0) is 14.7. The molecule has 2 rings (SSSR count). The van der Waals surface area contributed by atoms with E-state index in [1.807, 2.05) is 6.92 Å². The lowest BCUT2D eigenvalue weighted by Gasteiger charge is -2.15. The van der Waals surface area contributed by atoms with Crippen molar-refractivity contribution in [1.29, 1.82) is 0 Å². The van der Waals surface area contributed by atoms with Crippen LogP contribution >= 0.6 is 23.2 Å². The molecule has 0 aliphatic rings. The predicted octanol–water partition coefficient (Wildman–Crippen LogP) is 4.62. The van der Waals surface area contributed by atoms with Gasteiger partial charge in [0, 0.05) is 5.02 Å². The lowest BCUT2D eigenvalue weighted by Crippen LogP contribution is -2.26. The normalized spacial score (nSPS) is 12.0. The summed E-state index contributed by atoms with van der Waals surface area (Å²) in [6.07, 6.45) is 0. The van der Waals surface area contributed by atoms with Crippen molar-refractivity contribution in [3.05, 3.63) is 69.5 Å². The van der Waals surface area contributed by atoms with Crippen molar-refractivity contribution in [2.24, 2.45) is 0 Å². The van der Waals surface area contributed by atoms with E-state index in [1.54, 1.807) is 24.3 Å². The molecule has 0 aliphatic heterocycles. The summed E-state index contributed by atoms with van der Waals surface area (Å²) in [6.45, 7) is 1.81. The maximum absolute atomic E-state index is 12.9. The predicted molar refractivity (Wildman–Crippen MR) is 78.7 cm³/mol.